The van der Waals surface area contributed by atoms with Gasteiger partial charge in [0.2, 0.25) is 0 Å². The van der Waals surface area contributed by atoms with Crippen molar-refractivity contribution in [2.24, 2.45) is 4.99 Å². The summed E-state index contributed by atoms with van der Waals surface area (Å²) in [6, 6.07) is 13.1. The molecule has 6 nitrogen and oxygen atoms in total. The number of ether oxygens (including phenoxy) is 2. The third-order valence-electron chi connectivity index (χ3n) is 3.47. The first-order valence-corrected chi connectivity index (χ1v) is 8.00. The predicted octanol–water partition coefficient (Wildman–Crippen LogP) is 2.73. The van der Waals surface area contributed by atoms with Gasteiger partial charge < -0.3 is 9.47 Å². The van der Waals surface area contributed by atoms with E-state index in [0.717, 1.165) is 0 Å². The van der Waals surface area contributed by atoms with E-state index in [4.69, 9.17) is 14.3 Å². The van der Waals surface area contributed by atoms with E-state index in [1.807, 2.05) is 0 Å². The van der Waals surface area contributed by atoms with Crippen LogP contribution in [0.15, 0.2) is 53.5 Å². The number of halogens is 1. The number of rotatable bonds is 8. The zero-order valence-electron chi connectivity index (χ0n) is 14.7. The van der Waals surface area contributed by atoms with E-state index < -0.39 is 5.97 Å². The van der Waals surface area contributed by atoms with Crippen molar-refractivity contribution in [3.63, 3.8) is 0 Å². The van der Waals surface area contributed by atoms with Gasteiger partial charge in [0, 0.05) is 25.3 Å². The van der Waals surface area contributed by atoms with Crippen LogP contribution in [0.25, 0.3) is 0 Å². The fourth-order valence-electron chi connectivity index (χ4n) is 2.13. The second kappa shape index (κ2) is 10.3. The molecule has 2 rings (SSSR count). The molecule has 0 amide bonds. The fraction of sp³-hybridized carbons (Fsp3) is 0.263. The van der Waals surface area contributed by atoms with Crippen molar-refractivity contribution >= 4 is 11.8 Å². The molecule has 138 valence electrons. The summed E-state index contributed by atoms with van der Waals surface area (Å²) in [5.41, 5.74) is 4.14. The number of methoxy groups -OCH3 is 1. The van der Waals surface area contributed by atoms with E-state index in [0.29, 0.717) is 29.1 Å². The highest BCUT2D eigenvalue weighted by molar-refractivity contribution is 6.00. The van der Waals surface area contributed by atoms with Crippen molar-refractivity contribution < 1.29 is 23.5 Å². The number of aliphatic imine (C=N–C) groups is 1. The zero-order chi connectivity index (χ0) is 18.8. The number of nitrogens with one attached hydrogen (secondary N) is 1. The lowest BCUT2D eigenvalue weighted by Crippen LogP contribution is -2.25. The normalized spacial score (nSPS) is 11.3. The third-order valence-corrected chi connectivity index (χ3v) is 3.47. The van der Waals surface area contributed by atoms with E-state index >= 15 is 0 Å². The molecule has 0 aliphatic rings. The lowest BCUT2D eigenvalue weighted by atomic mass is 10.1. The first-order chi connectivity index (χ1) is 12.7. The van der Waals surface area contributed by atoms with E-state index in [1.54, 1.807) is 49.5 Å². The maximum Gasteiger partial charge on any atom is 0.338 e. The number of carbonyl (C=O) groups excluding carboxylic acids is 1. The van der Waals surface area contributed by atoms with E-state index in [2.05, 4.69) is 10.5 Å². The Kier molecular flexibility index (Phi) is 7.73. The van der Waals surface area contributed by atoms with Crippen LogP contribution in [0.3, 0.4) is 0 Å². The maximum atomic E-state index is 13.6. The van der Waals surface area contributed by atoms with E-state index in [1.165, 1.54) is 13.2 Å². The van der Waals surface area contributed by atoms with Crippen LogP contribution in [0.1, 0.15) is 21.5 Å². The van der Waals surface area contributed by atoms with E-state index in [9.17, 15) is 9.18 Å². The first-order valence-electron chi connectivity index (χ1n) is 8.00. The highest BCUT2D eigenvalue weighted by Crippen LogP contribution is 2.09. The molecule has 0 bridgehead atoms. The topological polar surface area (TPSA) is 69.2 Å². The molecule has 1 N–H and O–H groups in total. The second-order valence-corrected chi connectivity index (χ2v) is 5.26. The molecular formula is C19H21FN2O4. The number of hydrogen-bond donors (Lipinski definition) is 1. The number of nitrogens with zero attached hydrogens (tertiary/aromatic N) is 1. The maximum absolute atomic E-state index is 13.6. The molecule has 2 aromatic rings. The van der Waals surface area contributed by atoms with Gasteiger partial charge in [-0.1, -0.05) is 30.3 Å². The lowest BCUT2D eigenvalue weighted by molar-refractivity contribution is 0.0388. The van der Waals surface area contributed by atoms with Gasteiger partial charge in [-0.05, 0) is 18.2 Å². The first kappa shape index (κ1) is 19.6. The third kappa shape index (κ3) is 5.65. The van der Waals surface area contributed by atoms with Crippen LogP contribution >= 0.6 is 0 Å². The van der Waals surface area contributed by atoms with Crippen molar-refractivity contribution in [1.82, 2.24) is 5.48 Å². The molecule has 0 aliphatic carbocycles. The summed E-state index contributed by atoms with van der Waals surface area (Å²) in [4.78, 5) is 21.4. The average molecular weight is 360 g/mol. The summed E-state index contributed by atoms with van der Waals surface area (Å²) in [7, 11) is 3.11. The number of amidine groups is 1. The van der Waals surface area contributed by atoms with Crippen LogP contribution in [0, 0.1) is 5.82 Å². The highest BCUT2D eigenvalue weighted by Gasteiger charge is 2.11. The van der Waals surface area contributed by atoms with Crippen molar-refractivity contribution in [3.05, 3.63) is 71.0 Å². The van der Waals surface area contributed by atoms with Crippen LogP contribution in [0.2, 0.25) is 0 Å². The molecule has 26 heavy (non-hydrogen) atoms. The molecule has 7 heteroatoms. The standard InChI is InChI=1S/C19H21FN2O4/c1-21-18(22-26-13-16-6-3-4-9-17(16)20)14-7-5-8-15(12-14)19(23)25-11-10-24-2/h3-9,12H,10-11,13H2,1-2H3,(H,21,22). The Morgan fingerprint density at radius 1 is 1.12 bits per heavy atom. The molecule has 0 saturated carbocycles. The summed E-state index contributed by atoms with van der Waals surface area (Å²) in [5, 5.41) is 0. The molecule has 0 fully saturated rings. The van der Waals surface area contributed by atoms with Crippen LogP contribution in [0.4, 0.5) is 4.39 Å². The molecule has 0 aromatic heterocycles. The summed E-state index contributed by atoms with van der Waals surface area (Å²) in [6.07, 6.45) is 0. The predicted molar refractivity (Wildman–Crippen MR) is 95.4 cm³/mol. The van der Waals surface area contributed by atoms with Crippen LogP contribution < -0.4 is 5.48 Å². The van der Waals surface area contributed by atoms with Gasteiger partial charge in [0.25, 0.3) is 0 Å². The lowest BCUT2D eigenvalue weighted by Gasteiger charge is -2.11. The number of hydroxylamine groups is 1. The number of carbonyl (C=O) groups is 1. The zero-order valence-corrected chi connectivity index (χ0v) is 14.7. The molecule has 0 spiro atoms. The molecular weight excluding hydrogens is 339 g/mol. The highest BCUT2D eigenvalue weighted by atomic mass is 19.1. The minimum absolute atomic E-state index is 0.0322. The smallest absolute Gasteiger partial charge is 0.338 e. The van der Waals surface area contributed by atoms with Gasteiger partial charge in [-0.25, -0.2) is 14.7 Å². The number of esters is 1. The summed E-state index contributed by atoms with van der Waals surface area (Å²) < 4.78 is 23.5. The van der Waals surface area contributed by atoms with Gasteiger partial charge in [-0.2, -0.15) is 0 Å². The molecule has 0 aliphatic heterocycles. The minimum atomic E-state index is -0.452. The Balaban J connectivity index is 1.98. The van der Waals surface area contributed by atoms with Crippen molar-refractivity contribution in [2.45, 2.75) is 6.61 Å². The summed E-state index contributed by atoms with van der Waals surface area (Å²) in [6.45, 7) is 0.543. The van der Waals surface area contributed by atoms with Gasteiger partial charge in [0.15, 0.2) is 5.84 Å². The van der Waals surface area contributed by atoms with Gasteiger partial charge >= 0.3 is 5.97 Å². The van der Waals surface area contributed by atoms with Crippen LogP contribution in [-0.2, 0) is 20.9 Å². The Morgan fingerprint density at radius 3 is 2.62 bits per heavy atom. The Hall–Kier alpha value is -2.77. The van der Waals surface area contributed by atoms with E-state index in [-0.39, 0.29) is 19.0 Å². The second-order valence-electron chi connectivity index (χ2n) is 5.26. The number of benzene rings is 2. The van der Waals surface area contributed by atoms with Gasteiger partial charge in [0.1, 0.15) is 19.0 Å². The van der Waals surface area contributed by atoms with Gasteiger partial charge in [0.05, 0.1) is 12.2 Å². The van der Waals surface area contributed by atoms with Crippen molar-refractivity contribution in [1.29, 1.82) is 0 Å². The SMILES string of the molecule is CN=C(NOCc1ccccc1F)c1cccc(C(=O)OCCOC)c1. The molecule has 0 unspecified atom stereocenters. The van der Waals surface area contributed by atoms with Crippen molar-refractivity contribution in [3.8, 4) is 0 Å². The summed E-state index contributed by atoms with van der Waals surface area (Å²) in [5.74, 6) is -0.385. The monoisotopic (exact) mass is 360 g/mol. The fourth-order valence-corrected chi connectivity index (χ4v) is 2.13. The Labute approximate surface area is 151 Å². The van der Waals surface area contributed by atoms with Crippen molar-refractivity contribution in [2.75, 3.05) is 27.4 Å². The van der Waals surface area contributed by atoms with Crippen LogP contribution in [-0.4, -0.2) is 39.2 Å². The van der Waals surface area contributed by atoms with Crippen LogP contribution in [0.5, 0.6) is 0 Å². The Morgan fingerprint density at radius 2 is 1.88 bits per heavy atom. The number of hydrogen-bond acceptors (Lipinski definition) is 5. The molecule has 0 radical (unpaired) electrons. The molecule has 0 atom stereocenters. The molecule has 0 saturated heterocycles. The summed E-state index contributed by atoms with van der Waals surface area (Å²) >= 11 is 0. The largest absolute Gasteiger partial charge is 0.460 e. The molecule has 2 aromatic carbocycles. The molecule has 0 heterocycles. The van der Waals surface area contributed by atoms with Gasteiger partial charge in [-0.15, -0.1) is 0 Å². The quantitative estimate of drug-likeness (QED) is 0.258. The van der Waals surface area contributed by atoms with Gasteiger partial charge in [-0.3, -0.25) is 9.83 Å². The minimum Gasteiger partial charge on any atom is -0.460 e. The Bertz CT molecular complexity index is 765. The average Bonchev–Trinajstić information content (AvgIpc) is 2.67.